The smallest absolute Gasteiger partial charge is 0.145 e. The maximum Gasteiger partial charge on any atom is 0.145 e. The van der Waals surface area contributed by atoms with E-state index in [-0.39, 0.29) is 0 Å². The Kier molecular flexibility index (Phi) is 6.61. The minimum Gasteiger partial charge on any atom is -0.491 e. The van der Waals surface area contributed by atoms with Crippen molar-refractivity contribution in [3.05, 3.63) is 22.8 Å². The Hall–Kier alpha value is 0.770. The first-order valence-corrected chi connectivity index (χ1v) is 7.59. The van der Waals surface area contributed by atoms with E-state index in [9.17, 15) is 0 Å². The molecule has 15 heavy (non-hydrogen) atoms. The molecule has 1 aromatic carbocycles. The molecular formula is C11H9I3O. The van der Waals surface area contributed by atoms with E-state index in [1.807, 2.05) is 0 Å². The highest BCUT2D eigenvalue weighted by molar-refractivity contribution is 14.1. The Morgan fingerprint density at radius 1 is 1.20 bits per heavy atom. The number of hydrogen-bond donors (Lipinski definition) is 0. The summed E-state index contributed by atoms with van der Waals surface area (Å²) >= 11 is 6.90. The highest BCUT2D eigenvalue weighted by Crippen LogP contribution is 2.29. The fourth-order valence-corrected chi connectivity index (χ4v) is 4.91. The summed E-state index contributed by atoms with van der Waals surface area (Å²) in [6.07, 6.45) is 6.86. The average Bonchev–Trinajstić information content (AvgIpc) is 2.15. The molecule has 0 radical (unpaired) electrons. The fraction of sp³-hybridized carbons (Fsp3) is 0.273. The molecule has 0 N–H and O–H groups in total. The molecule has 1 aromatic rings. The zero-order valence-corrected chi connectivity index (χ0v) is 14.4. The standard InChI is InChI=1S/C11H9I3O/c1-2-3-4-5-15-11-9(13)6-8(12)7-10(11)14/h1,6-7H,3-5H2. The lowest BCUT2D eigenvalue weighted by atomic mass is 10.3. The number of terminal acetylenes is 1. The van der Waals surface area contributed by atoms with Crippen molar-refractivity contribution in [2.75, 3.05) is 6.61 Å². The molecule has 0 saturated heterocycles. The lowest BCUT2D eigenvalue weighted by Crippen LogP contribution is -2.00. The van der Waals surface area contributed by atoms with Crippen LogP contribution >= 0.6 is 67.8 Å². The van der Waals surface area contributed by atoms with Gasteiger partial charge in [0.2, 0.25) is 0 Å². The predicted octanol–water partition coefficient (Wildman–Crippen LogP) is 4.29. The Labute approximate surface area is 131 Å². The van der Waals surface area contributed by atoms with Crippen LogP contribution in [0.5, 0.6) is 5.75 Å². The molecule has 0 bridgehead atoms. The Morgan fingerprint density at radius 3 is 2.33 bits per heavy atom. The van der Waals surface area contributed by atoms with Crippen molar-refractivity contribution in [1.29, 1.82) is 0 Å². The topological polar surface area (TPSA) is 9.23 Å². The van der Waals surface area contributed by atoms with Crippen LogP contribution in [0, 0.1) is 23.1 Å². The second-order valence-corrected chi connectivity index (χ2v) is 6.42. The summed E-state index contributed by atoms with van der Waals surface area (Å²) in [4.78, 5) is 0. The zero-order chi connectivity index (χ0) is 11.3. The van der Waals surface area contributed by atoms with E-state index in [4.69, 9.17) is 11.2 Å². The highest BCUT2D eigenvalue weighted by Gasteiger charge is 2.07. The third kappa shape index (κ3) is 4.65. The van der Waals surface area contributed by atoms with Gasteiger partial charge in [-0.05, 0) is 86.3 Å². The van der Waals surface area contributed by atoms with Gasteiger partial charge in [0.05, 0.1) is 13.7 Å². The third-order valence-corrected chi connectivity index (χ3v) is 3.90. The van der Waals surface area contributed by atoms with Crippen molar-refractivity contribution in [3.63, 3.8) is 0 Å². The molecule has 0 unspecified atom stereocenters. The molecule has 0 aliphatic heterocycles. The van der Waals surface area contributed by atoms with Crippen molar-refractivity contribution >= 4 is 67.8 Å². The van der Waals surface area contributed by atoms with Crippen LogP contribution in [0.3, 0.4) is 0 Å². The molecule has 0 atom stereocenters. The van der Waals surface area contributed by atoms with Gasteiger partial charge in [-0.3, -0.25) is 0 Å². The number of hydrogen-bond acceptors (Lipinski definition) is 1. The van der Waals surface area contributed by atoms with Gasteiger partial charge in [-0.2, -0.15) is 0 Å². The van der Waals surface area contributed by atoms with Gasteiger partial charge >= 0.3 is 0 Å². The SMILES string of the molecule is C#CCCCOc1c(I)cc(I)cc1I. The van der Waals surface area contributed by atoms with Gasteiger partial charge in [0.25, 0.3) is 0 Å². The average molecular weight is 538 g/mol. The molecule has 80 valence electrons. The molecule has 4 heteroatoms. The van der Waals surface area contributed by atoms with Crippen LogP contribution in [-0.4, -0.2) is 6.61 Å². The molecule has 0 heterocycles. The van der Waals surface area contributed by atoms with E-state index in [1.165, 1.54) is 3.57 Å². The van der Waals surface area contributed by atoms with Gasteiger partial charge in [-0.25, -0.2) is 0 Å². The van der Waals surface area contributed by atoms with Crippen molar-refractivity contribution in [3.8, 4) is 18.1 Å². The summed E-state index contributed by atoms with van der Waals surface area (Å²) in [5, 5.41) is 0. The minimum absolute atomic E-state index is 0.691. The van der Waals surface area contributed by atoms with E-state index >= 15 is 0 Å². The molecule has 0 aliphatic rings. The molecule has 1 rings (SSSR count). The second kappa shape index (κ2) is 7.17. The Bertz CT molecular complexity index is 359. The lowest BCUT2D eigenvalue weighted by Gasteiger charge is -2.10. The van der Waals surface area contributed by atoms with Gasteiger partial charge in [-0.15, -0.1) is 12.3 Å². The monoisotopic (exact) mass is 538 g/mol. The van der Waals surface area contributed by atoms with E-state index in [2.05, 4.69) is 85.8 Å². The molecule has 0 fully saturated rings. The summed E-state index contributed by atoms with van der Waals surface area (Å²) in [5.41, 5.74) is 0. The summed E-state index contributed by atoms with van der Waals surface area (Å²) < 4.78 is 9.26. The van der Waals surface area contributed by atoms with Crippen LogP contribution in [0.15, 0.2) is 12.1 Å². The molecule has 0 amide bonds. The maximum absolute atomic E-state index is 5.71. The second-order valence-electron chi connectivity index (χ2n) is 2.85. The van der Waals surface area contributed by atoms with E-state index in [0.29, 0.717) is 6.61 Å². The quantitative estimate of drug-likeness (QED) is 0.316. The van der Waals surface area contributed by atoms with Crippen LogP contribution in [0.4, 0.5) is 0 Å². The number of halogens is 3. The predicted molar refractivity (Wildman–Crippen MR) is 88.2 cm³/mol. The van der Waals surface area contributed by atoms with E-state index < -0.39 is 0 Å². The first-order chi connectivity index (χ1) is 7.15. The van der Waals surface area contributed by atoms with Gasteiger partial charge in [-0.1, -0.05) is 0 Å². The Balaban J connectivity index is 2.65. The number of rotatable bonds is 4. The molecule has 0 saturated carbocycles. The van der Waals surface area contributed by atoms with Crippen LogP contribution in [0.1, 0.15) is 12.8 Å². The molecule has 1 nitrogen and oxygen atoms in total. The highest BCUT2D eigenvalue weighted by atomic mass is 127. The van der Waals surface area contributed by atoms with E-state index in [1.54, 1.807) is 0 Å². The van der Waals surface area contributed by atoms with Crippen LogP contribution in [0.2, 0.25) is 0 Å². The summed E-state index contributed by atoms with van der Waals surface area (Å²) in [5.74, 6) is 3.59. The van der Waals surface area contributed by atoms with Gasteiger partial charge in [0, 0.05) is 9.99 Å². The van der Waals surface area contributed by atoms with Crippen LogP contribution in [0.25, 0.3) is 0 Å². The number of unbranched alkanes of at least 4 members (excludes halogenated alkanes) is 1. The Morgan fingerprint density at radius 2 is 1.80 bits per heavy atom. The molecule has 0 spiro atoms. The minimum atomic E-state index is 0.691. The van der Waals surface area contributed by atoms with Crippen molar-refractivity contribution in [2.24, 2.45) is 0 Å². The molecule has 0 aliphatic carbocycles. The van der Waals surface area contributed by atoms with Gasteiger partial charge in [0.15, 0.2) is 0 Å². The van der Waals surface area contributed by atoms with Gasteiger partial charge < -0.3 is 4.74 Å². The summed E-state index contributed by atoms with van der Waals surface area (Å²) in [7, 11) is 0. The largest absolute Gasteiger partial charge is 0.491 e. The maximum atomic E-state index is 5.71. The zero-order valence-electron chi connectivity index (χ0n) is 7.90. The number of benzene rings is 1. The van der Waals surface area contributed by atoms with Crippen molar-refractivity contribution in [1.82, 2.24) is 0 Å². The lowest BCUT2D eigenvalue weighted by molar-refractivity contribution is 0.308. The fourth-order valence-electron chi connectivity index (χ4n) is 1.02. The molecular weight excluding hydrogens is 529 g/mol. The summed E-state index contributed by atoms with van der Waals surface area (Å²) in [6.45, 7) is 0.691. The first kappa shape index (κ1) is 13.8. The normalized spacial score (nSPS) is 9.73. The molecule has 0 aromatic heterocycles. The summed E-state index contributed by atoms with van der Waals surface area (Å²) in [6, 6.07) is 4.22. The number of ether oxygens (including phenoxy) is 1. The van der Waals surface area contributed by atoms with Crippen molar-refractivity contribution in [2.45, 2.75) is 12.8 Å². The first-order valence-electron chi connectivity index (χ1n) is 4.36. The van der Waals surface area contributed by atoms with Crippen LogP contribution < -0.4 is 4.74 Å². The third-order valence-electron chi connectivity index (χ3n) is 1.67. The van der Waals surface area contributed by atoms with Crippen molar-refractivity contribution < 1.29 is 4.74 Å². The van der Waals surface area contributed by atoms with E-state index in [0.717, 1.165) is 25.7 Å². The van der Waals surface area contributed by atoms with Gasteiger partial charge in [0.1, 0.15) is 5.75 Å². The van der Waals surface area contributed by atoms with Crippen LogP contribution in [-0.2, 0) is 0 Å².